The standard InChI is InChI=1S/C83H113N13O18S/c1-8-9-10-11-12-18-28-65(29-19-13-14-20-33-73(99)84-47-48-85-75(101)62-39-45-72(87-52-62)95-89-53-61-27-21-22-32-71(61)115(109,110)111)113-82(108)112-55-60-34-40-63(41-35-60)90-77(103)66(30-23-46-86-81(107)114-83(5,6)7)92-79(105)69(51-59-36-42-64(98)43-37-59)93-78(104)67(44-38-58-25-16-15-17-26-58)91-74(100)54-88-76(102)68(50-56(2)3)94-80(106)70-31-24-49-96(70)57(4)97/h8,15-17,21-22,25-27,32,34-37,39-43,45,52-53,56,65-70,98H,1,9-14,18-20,23-24,28-31,33,38,44,46-51,54-55H2,2-7H3,(H,84,99)(H,85,101)(H,86,107)(H,87,95)(H,88,102)(H,90,103)(H,91,100)(H,92,105)(H,93,104)(H,94,106)(H,109,110,111)/t65?,66-,67-,68-,69-,70-/m0/s1. The molecule has 1 aromatic heterocycles. The van der Waals surface area contributed by atoms with E-state index in [9.17, 15) is 70.8 Å². The molecular weight excluding hydrogens is 1500 g/mol. The van der Waals surface area contributed by atoms with E-state index >= 15 is 0 Å². The Labute approximate surface area is 673 Å². The number of allylic oxidation sites excluding steroid dienone is 1. The second kappa shape index (κ2) is 48.7. The van der Waals surface area contributed by atoms with Gasteiger partial charge in [-0.15, -0.1) is 6.58 Å². The lowest BCUT2D eigenvalue weighted by Crippen LogP contribution is -2.58. The lowest BCUT2D eigenvalue weighted by atomic mass is 10.0. The Hall–Kier alpha value is -11.3. The molecule has 1 aliphatic rings. The summed E-state index contributed by atoms with van der Waals surface area (Å²) < 4.78 is 49.7. The zero-order valence-corrected chi connectivity index (χ0v) is 67.3. The molecule has 4 aromatic carbocycles. The van der Waals surface area contributed by atoms with Crippen LogP contribution < -0.4 is 53.3 Å². The van der Waals surface area contributed by atoms with Crippen LogP contribution >= 0.6 is 0 Å². The number of rotatable bonds is 48. The Morgan fingerprint density at radius 3 is 1.97 bits per heavy atom. The van der Waals surface area contributed by atoms with Crippen molar-refractivity contribution < 1.29 is 85.0 Å². The molecule has 31 nitrogen and oxygen atoms in total. The normalized spacial score (nSPS) is 14.0. The largest absolute Gasteiger partial charge is 0.508 e. The summed E-state index contributed by atoms with van der Waals surface area (Å²) in [5.41, 5.74) is 4.44. The highest BCUT2D eigenvalue weighted by atomic mass is 32.2. The van der Waals surface area contributed by atoms with Crippen LogP contribution in [0.4, 0.5) is 21.1 Å². The monoisotopic (exact) mass is 1610 g/mol. The molecular formula is C83H113N13O18S. The maximum absolute atomic E-state index is 14.8. The smallest absolute Gasteiger partial charge is 0.508 e. The molecule has 0 spiro atoms. The van der Waals surface area contributed by atoms with Gasteiger partial charge in [-0.25, -0.2) is 14.6 Å². The quantitative estimate of drug-likeness (QED) is 0.00431. The van der Waals surface area contributed by atoms with Gasteiger partial charge in [0.1, 0.15) is 65.0 Å². The molecule has 1 fully saturated rings. The van der Waals surface area contributed by atoms with Crippen molar-refractivity contribution in [1.82, 2.24) is 52.4 Å². The van der Waals surface area contributed by atoms with E-state index in [4.69, 9.17) is 14.2 Å². The fraction of sp³-hybridized carbons (Fsp3) is 0.482. The number of hydrogen-bond acceptors (Lipinski definition) is 20. The topological polar surface area (TPSA) is 439 Å². The molecule has 5 aromatic rings. The molecule has 1 aliphatic heterocycles. The van der Waals surface area contributed by atoms with Gasteiger partial charge in [-0.3, -0.25) is 53.1 Å². The molecule has 115 heavy (non-hydrogen) atoms. The summed E-state index contributed by atoms with van der Waals surface area (Å²) in [5, 5.41) is 38.9. The van der Waals surface area contributed by atoms with Gasteiger partial charge < -0.3 is 72.1 Å². The number of amides is 10. The molecule has 6 rings (SSSR count). The average molecular weight is 1610 g/mol. The molecule has 0 aliphatic carbocycles. The lowest BCUT2D eigenvalue weighted by molar-refractivity contribution is -0.138. The second-order valence-electron chi connectivity index (χ2n) is 29.6. The van der Waals surface area contributed by atoms with Crippen molar-refractivity contribution in [3.63, 3.8) is 0 Å². The molecule has 0 saturated carbocycles. The van der Waals surface area contributed by atoms with E-state index in [2.05, 4.69) is 69.9 Å². The first-order valence-corrected chi connectivity index (χ1v) is 40.6. The Bertz CT molecular complexity index is 4150. The van der Waals surface area contributed by atoms with Gasteiger partial charge in [0.2, 0.25) is 47.3 Å². The van der Waals surface area contributed by atoms with Crippen LogP contribution in [-0.4, -0.2) is 174 Å². The maximum atomic E-state index is 14.8. The number of alkyl carbamates (subject to hydrolysis) is 1. The van der Waals surface area contributed by atoms with Crippen LogP contribution in [0.5, 0.6) is 5.75 Å². The van der Waals surface area contributed by atoms with Crippen LogP contribution in [0.3, 0.4) is 0 Å². The third kappa shape index (κ3) is 35.8. The Kier molecular flexibility index (Phi) is 39.2. The van der Waals surface area contributed by atoms with Crippen molar-refractivity contribution in [3.05, 3.63) is 162 Å². The number of hydrogen-bond donors (Lipinski definition) is 12. The highest BCUT2D eigenvalue weighted by molar-refractivity contribution is 7.86. The summed E-state index contributed by atoms with van der Waals surface area (Å²) in [7, 11) is -4.46. The molecule has 624 valence electrons. The number of unbranched alkanes of at least 4 members (excludes halogenated alkanes) is 7. The third-order valence-corrected chi connectivity index (χ3v) is 19.4. The minimum Gasteiger partial charge on any atom is -0.508 e. The van der Waals surface area contributed by atoms with Crippen LogP contribution in [0.25, 0.3) is 0 Å². The molecule has 2 heterocycles. The number of likely N-dealkylation sites (tertiary alicyclic amines) is 1. The van der Waals surface area contributed by atoms with E-state index in [0.717, 1.165) is 56.9 Å². The van der Waals surface area contributed by atoms with E-state index in [1.165, 1.54) is 66.7 Å². The lowest BCUT2D eigenvalue weighted by Gasteiger charge is -2.27. The highest BCUT2D eigenvalue weighted by Crippen LogP contribution is 2.23. The number of phenolic OH excluding ortho intramolecular Hbond substituents is 1. The van der Waals surface area contributed by atoms with Gasteiger partial charge >= 0.3 is 12.2 Å². The number of ether oxygens (including phenoxy) is 3. The second-order valence-corrected chi connectivity index (χ2v) is 31.0. The number of carbonyl (C=O) groups is 11. The summed E-state index contributed by atoms with van der Waals surface area (Å²) >= 11 is 0. The fourth-order valence-corrected chi connectivity index (χ4v) is 13.2. The molecule has 6 atom stereocenters. The third-order valence-electron chi connectivity index (χ3n) is 18.5. The minimum absolute atomic E-state index is 0.0302. The van der Waals surface area contributed by atoms with Gasteiger partial charge in [0.05, 0.1) is 18.3 Å². The van der Waals surface area contributed by atoms with Crippen LogP contribution in [0.2, 0.25) is 0 Å². The summed E-state index contributed by atoms with van der Waals surface area (Å²) in [4.78, 5) is 154. The first-order chi connectivity index (χ1) is 54.9. The van der Waals surface area contributed by atoms with Crippen molar-refractivity contribution in [2.45, 2.75) is 223 Å². The van der Waals surface area contributed by atoms with Gasteiger partial charge in [0.25, 0.3) is 16.0 Å². The predicted molar refractivity (Wildman–Crippen MR) is 433 cm³/mol. The molecule has 10 amide bonds. The Morgan fingerprint density at radius 2 is 1.30 bits per heavy atom. The summed E-state index contributed by atoms with van der Waals surface area (Å²) in [6, 6.07) is 24.5. The summed E-state index contributed by atoms with van der Waals surface area (Å²) in [6.45, 7) is 14.1. The molecule has 12 N–H and O–H groups in total. The zero-order valence-electron chi connectivity index (χ0n) is 66.5. The van der Waals surface area contributed by atoms with Crippen molar-refractivity contribution in [2.24, 2.45) is 11.0 Å². The molecule has 0 radical (unpaired) electrons. The predicted octanol–water partition coefficient (Wildman–Crippen LogP) is 9.15. The zero-order chi connectivity index (χ0) is 83.7. The molecule has 1 saturated heterocycles. The summed E-state index contributed by atoms with van der Waals surface area (Å²) in [6.07, 6.45) is 13.0. The Balaban J connectivity index is 1.03. The van der Waals surface area contributed by atoms with E-state index in [-0.39, 0.29) is 117 Å². The van der Waals surface area contributed by atoms with Crippen LogP contribution in [0, 0.1) is 5.92 Å². The molecule has 32 heteroatoms. The van der Waals surface area contributed by atoms with E-state index < -0.39 is 112 Å². The number of nitrogens with one attached hydrogen (secondary N) is 10. The number of aryl methyl sites for hydroxylation is 1. The first kappa shape index (κ1) is 92.6. The number of carbonyl (C=O) groups excluding carboxylic acids is 11. The van der Waals surface area contributed by atoms with Crippen molar-refractivity contribution in [2.75, 3.05) is 43.5 Å². The van der Waals surface area contributed by atoms with Crippen LogP contribution in [-0.2, 0) is 82.1 Å². The minimum atomic E-state index is -4.46. The number of aromatic nitrogens is 1. The highest BCUT2D eigenvalue weighted by Gasteiger charge is 2.36. The number of nitrogens with zero attached hydrogens (tertiary/aromatic N) is 3. The number of pyridine rings is 1. The van der Waals surface area contributed by atoms with Crippen molar-refractivity contribution >= 4 is 93.3 Å². The molecule has 1 unspecified atom stereocenters. The molecule has 0 bridgehead atoms. The summed E-state index contributed by atoms with van der Waals surface area (Å²) in [5.74, 6) is -4.85. The number of anilines is 2. The Morgan fingerprint density at radius 1 is 0.652 bits per heavy atom. The van der Waals surface area contributed by atoms with Crippen molar-refractivity contribution in [3.8, 4) is 5.75 Å². The number of benzene rings is 4. The van der Waals surface area contributed by atoms with Crippen LogP contribution in [0.1, 0.15) is 190 Å². The van der Waals surface area contributed by atoms with Gasteiger partial charge in [-0.1, -0.05) is 118 Å². The van der Waals surface area contributed by atoms with Gasteiger partial charge in [0, 0.05) is 63.4 Å². The first-order valence-electron chi connectivity index (χ1n) is 39.2. The fourth-order valence-electron chi connectivity index (χ4n) is 12.5. The number of hydrazone groups is 1. The number of aromatic hydroxyl groups is 1. The van der Waals surface area contributed by atoms with E-state index in [1.807, 2.05) is 50.3 Å². The number of phenols is 1. The maximum Gasteiger partial charge on any atom is 0.508 e. The van der Waals surface area contributed by atoms with E-state index in [1.54, 1.807) is 63.2 Å². The average Bonchev–Trinajstić information content (AvgIpc) is 1.77. The van der Waals surface area contributed by atoms with Crippen LogP contribution in [0.15, 0.2) is 144 Å². The van der Waals surface area contributed by atoms with Gasteiger partial charge in [0.15, 0.2) is 0 Å². The van der Waals surface area contributed by atoms with Gasteiger partial charge in [-0.2, -0.15) is 13.5 Å². The van der Waals surface area contributed by atoms with Crippen molar-refractivity contribution in [1.29, 1.82) is 0 Å². The van der Waals surface area contributed by atoms with Gasteiger partial charge in [-0.05, 0) is 176 Å². The van der Waals surface area contributed by atoms with E-state index in [0.29, 0.717) is 55.5 Å². The SMILES string of the molecule is C=CCCCCCCC(CCCCCCC(=O)NCCNC(=O)c1ccc(NN=Cc2ccccc2S(=O)(=O)O)nc1)OC(=O)OCc1ccc(NC(=O)[C@H](CCCNC(=O)OC(C)(C)C)NC(=O)[C@H](Cc2ccc(O)cc2)NC(=O)[C@H](CCc2ccccc2)NC(=O)CNC(=O)[C@H](CC(C)C)NC(=O)[C@@H]2CCCN2C(C)=O)cc1.